The van der Waals surface area contributed by atoms with Crippen LogP contribution in [-0.4, -0.2) is 67.1 Å². The molecule has 1 aliphatic heterocycles. The van der Waals surface area contributed by atoms with Gasteiger partial charge < -0.3 is 25.0 Å². The van der Waals surface area contributed by atoms with Crippen molar-refractivity contribution >= 4 is 51.1 Å². The molecule has 0 amide bonds. The quantitative estimate of drug-likeness (QED) is 0.239. The molecule has 1 atom stereocenters. The van der Waals surface area contributed by atoms with Crippen LogP contribution in [0.2, 0.25) is 0 Å². The maximum atomic E-state index is 13.8. The zero-order valence-electron chi connectivity index (χ0n) is 20.7. The number of aromatic nitrogens is 4. The standard InChI is InChI=1S/C24H26F3N9O2S/c1-35-8-10-36(11-9-35)22-17-7-6-16(12-20(17)33-34-22)30-23-28-14-18(24(25,26)27)21(32-23)31-19-5-3-2-4-15(19)13-29-39(37)38/h2-7,12,14,29H,8-11,13H2,1H3,(H,33,34)(H,37,38)(H2,28,30,31,32)/p-1. The number of para-hydroxylation sites is 1. The Labute approximate surface area is 224 Å². The van der Waals surface area contributed by atoms with Crippen molar-refractivity contribution in [3.05, 3.63) is 59.8 Å². The number of rotatable bonds is 8. The SMILES string of the molecule is CN1CCN(c2n[nH]c3cc(Nc4ncc(C(F)(F)F)c(Nc5ccccc5CNS(=O)[O-])n4)ccc23)CC1. The normalized spacial score (nSPS) is 15.5. The van der Waals surface area contributed by atoms with Crippen LogP contribution in [0.3, 0.4) is 0 Å². The highest BCUT2D eigenvalue weighted by molar-refractivity contribution is 7.77. The van der Waals surface area contributed by atoms with Gasteiger partial charge in [0, 0.05) is 66.9 Å². The van der Waals surface area contributed by atoms with Gasteiger partial charge in [0.1, 0.15) is 11.4 Å². The third kappa shape index (κ3) is 6.27. The average molecular weight is 561 g/mol. The number of hydrogen-bond acceptors (Lipinski definition) is 9. The first kappa shape index (κ1) is 26.8. The van der Waals surface area contributed by atoms with Crippen molar-refractivity contribution in [2.75, 3.05) is 48.8 Å². The van der Waals surface area contributed by atoms with Crippen molar-refractivity contribution in [3.63, 3.8) is 0 Å². The first-order valence-electron chi connectivity index (χ1n) is 12.0. The first-order chi connectivity index (χ1) is 18.7. The van der Waals surface area contributed by atoms with Crippen LogP contribution in [0.1, 0.15) is 11.1 Å². The van der Waals surface area contributed by atoms with Crippen molar-refractivity contribution in [2.24, 2.45) is 0 Å². The lowest BCUT2D eigenvalue weighted by Gasteiger charge is -2.32. The lowest BCUT2D eigenvalue weighted by Crippen LogP contribution is -2.44. The minimum atomic E-state index is -4.72. The molecule has 39 heavy (non-hydrogen) atoms. The molecule has 1 aliphatic rings. The number of piperazine rings is 1. The zero-order valence-corrected chi connectivity index (χ0v) is 21.6. The Kier molecular flexibility index (Phi) is 7.65. The topological polar surface area (TPSA) is 137 Å². The Hall–Kier alpha value is -3.79. The molecule has 15 heteroatoms. The monoisotopic (exact) mass is 560 g/mol. The van der Waals surface area contributed by atoms with Crippen LogP contribution >= 0.6 is 0 Å². The van der Waals surface area contributed by atoms with Crippen molar-refractivity contribution in [3.8, 4) is 0 Å². The van der Waals surface area contributed by atoms with Crippen molar-refractivity contribution in [2.45, 2.75) is 12.7 Å². The van der Waals surface area contributed by atoms with Crippen molar-refractivity contribution < 1.29 is 21.9 Å². The Balaban J connectivity index is 1.40. The Bertz CT molecular complexity index is 1490. The van der Waals surface area contributed by atoms with E-state index in [0.29, 0.717) is 17.4 Å². The molecule has 1 saturated heterocycles. The van der Waals surface area contributed by atoms with Crippen LogP contribution in [0.5, 0.6) is 0 Å². The van der Waals surface area contributed by atoms with Gasteiger partial charge in [0.05, 0.1) is 5.52 Å². The van der Waals surface area contributed by atoms with Crippen LogP contribution in [0.25, 0.3) is 10.9 Å². The van der Waals surface area contributed by atoms with Gasteiger partial charge in [-0.25, -0.2) is 9.71 Å². The summed E-state index contributed by atoms with van der Waals surface area (Å²) >= 11 is -2.53. The molecular formula is C24H25F3N9O2S-. The minimum absolute atomic E-state index is 0.0556. The van der Waals surface area contributed by atoms with Crippen LogP contribution < -0.4 is 20.3 Å². The van der Waals surface area contributed by atoms with E-state index in [1.165, 1.54) is 6.07 Å². The summed E-state index contributed by atoms with van der Waals surface area (Å²) in [7, 11) is 2.08. The fraction of sp³-hybridized carbons (Fsp3) is 0.292. The first-order valence-corrected chi connectivity index (χ1v) is 13.1. The fourth-order valence-corrected chi connectivity index (χ4v) is 4.55. The summed E-state index contributed by atoms with van der Waals surface area (Å²) < 4.78 is 65.3. The molecule has 0 saturated carbocycles. The van der Waals surface area contributed by atoms with Gasteiger partial charge in [-0.15, -0.1) is 0 Å². The summed E-state index contributed by atoms with van der Waals surface area (Å²) in [4.78, 5) is 12.4. The number of H-pyrrole nitrogens is 1. The molecule has 0 radical (unpaired) electrons. The van der Waals surface area contributed by atoms with Crippen molar-refractivity contribution in [1.29, 1.82) is 0 Å². The number of nitrogens with one attached hydrogen (secondary N) is 4. The summed E-state index contributed by atoms with van der Waals surface area (Å²) in [6, 6.07) is 11.9. The van der Waals surface area contributed by atoms with Gasteiger partial charge in [-0.3, -0.25) is 9.31 Å². The number of halogens is 3. The van der Waals surface area contributed by atoms with E-state index in [1.54, 1.807) is 30.3 Å². The Morgan fingerprint density at radius 2 is 1.87 bits per heavy atom. The number of aromatic amines is 1. The van der Waals surface area contributed by atoms with E-state index in [4.69, 9.17) is 0 Å². The van der Waals surface area contributed by atoms with Gasteiger partial charge in [-0.1, -0.05) is 18.2 Å². The van der Waals surface area contributed by atoms with Crippen LogP contribution in [0, 0.1) is 0 Å². The van der Waals surface area contributed by atoms with E-state index in [9.17, 15) is 21.9 Å². The smallest absolute Gasteiger partial charge is 0.421 e. The molecule has 4 aromatic rings. The number of anilines is 5. The van der Waals surface area contributed by atoms with Gasteiger partial charge in [-0.2, -0.15) is 23.3 Å². The number of alkyl halides is 3. The molecule has 11 nitrogen and oxygen atoms in total. The maximum Gasteiger partial charge on any atom is 0.421 e. The van der Waals surface area contributed by atoms with Gasteiger partial charge >= 0.3 is 6.18 Å². The lowest BCUT2D eigenvalue weighted by atomic mass is 10.1. The molecule has 2 aromatic heterocycles. The Morgan fingerprint density at radius 1 is 1.10 bits per heavy atom. The molecule has 0 aliphatic carbocycles. The van der Waals surface area contributed by atoms with Crippen LogP contribution in [0.4, 0.5) is 42.1 Å². The van der Waals surface area contributed by atoms with E-state index in [-0.39, 0.29) is 18.2 Å². The predicted octanol–water partition coefficient (Wildman–Crippen LogP) is 3.49. The molecule has 1 unspecified atom stereocenters. The molecule has 2 aromatic carbocycles. The van der Waals surface area contributed by atoms with E-state index in [1.807, 2.05) is 6.07 Å². The highest BCUT2D eigenvalue weighted by atomic mass is 32.2. The molecule has 0 bridgehead atoms. The second-order valence-corrected chi connectivity index (χ2v) is 9.77. The predicted molar refractivity (Wildman–Crippen MR) is 142 cm³/mol. The van der Waals surface area contributed by atoms with E-state index < -0.39 is 28.8 Å². The number of likely N-dealkylation sites (N-methyl/N-ethyl adjacent to an activating group) is 1. The van der Waals surface area contributed by atoms with Crippen LogP contribution in [-0.2, 0) is 24.0 Å². The molecule has 0 spiro atoms. The summed E-state index contributed by atoms with van der Waals surface area (Å²) in [5, 5.41) is 14.1. The van der Waals surface area contributed by atoms with Gasteiger partial charge in [-0.05, 0) is 36.9 Å². The third-order valence-corrected chi connectivity index (χ3v) is 6.73. The molecule has 4 N–H and O–H groups in total. The molecule has 206 valence electrons. The number of fused-ring (bicyclic) bond motifs is 1. The Morgan fingerprint density at radius 3 is 2.62 bits per heavy atom. The van der Waals surface area contributed by atoms with Gasteiger partial charge in [0.25, 0.3) is 0 Å². The average Bonchev–Trinajstić information content (AvgIpc) is 3.31. The summed E-state index contributed by atoms with van der Waals surface area (Å²) in [6.45, 7) is 3.49. The molecule has 3 heterocycles. The largest absolute Gasteiger partial charge is 0.760 e. The maximum absolute atomic E-state index is 13.8. The molecule has 1 fully saturated rings. The van der Waals surface area contributed by atoms with E-state index in [0.717, 1.165) is 42.9 Å². The summed E-state index contributed by atoms with van der Waals surface area (Å²) in [5.41, 5.74) is 0.953. The lowest BCUT2D eigenvalue weighted by molar-refractivity contribution is -0.137. The van der Waals surface area contributed by atoms with E-state index >= 15 is 0 Å². The van der Waals surface area contributed by atoms with Crippen LogP contribution in [0.15, 0.2) is 48.7 Å². The fourth-order valence-electron chi connectivity index (χ4n) is 4.28. The van der Waals surface area contributed by atoms with Gasteiger partial charge in [0.2, 0.25) is 5.95 Å². The summed E-state index contributed by atoms with van der Waals surface area (Å²) in [5.74, 6) is 0.325. The molecule has 5 rings (SSSR count). The third-order valence-electron chi connectivity index (χ3n) is 6.35. The highest BCUT2D eigenvalue weighted by Gasteiger charge is 2.35. The number of nitrogens with zero attached hydrogens (tertiary/aromatic N) is 5. The highest BCUT2D eigenvalue weighted by Crippen LogP contribution is 2.36. The number of benzene rings is 2. The minimum Gasteiger partial charge on any atom is -0.760 e. The zero-order chi connectivity index (χ0) is 27.6. The van der Waals surface area contributed by atoms with E-state index in [2.05, 4.69) is 52.4 Å². The molecular weight excluding hydrogens is 535 g/mol. The number of hydrogen-bond donors (Lipinski definition) is 4. The van der Waals surface area contributed by atoms with Gasteiger partial charge in [0.15, 0.2) is 5.82 Å². The second kappa shape index (κ2) is 11.1. The second-order valence-electron chi connectivity index (χ2n) is 9.01. The van der Waals surface area contributed by atoms with Crippen molar-refractivity contribution in [1.82, 2.24) is 29.8 Å². The summed E-state index contributed by atoms with van der Waals surface area (Å²) in [6.07, 6.45) is -4.02.